The fraction of sp³-hybridized carbons (Fsp3) is 0.375. The summed E-state index contributed by atoms with van der Waals surface area (Å²) in [5.74, 6) is -2.56. The van der Waals surface area contributed by atoms with Crippen LogP contribution < -0.4 is 11.4 Å². The van der Waals surface area contributed by atoms with Gasteiger partial charge in [0.2, 0.25) is 0 Å². The lowest BCUT2D eigenvalue weighted by Crippen LogP contribution is -2.43. The first-order valence-electron chi connectivity index (χ1n) is 8.28. The molecule has 10 nitrogen and oxygen atoms in total. The average Bonchev–Trinajstić information content (AvgIpc) is 2.99. The predicted molar refractivity (Wildman–Crippen MR) is 109 cm³/mol. The summed E-state index contributed by atoms with van der Waals surface area (Å²) in [6.07, 6.45) is 0.713. The van der Waals surface area contributed by atoms with Gasteiger partial charge in [0, 0.05) is 26.6 Å². The van der Waals surface area contributed by atoms with Crippen LogP contribution in [0.4, 0.5) is 4.39 Å². The Morgan fingerprint density at radius 2 is 1.83 bits per heavy atom. The highest BCUT2D eigenvalue weighted by Crippen LogP contribution is 2.32. The van der Waals surface area contributed by atoms with E-state index in [0.29, 0.717) is 4.57 Å². The molecule has 0 N–H and O–H groups in total. The lowest BCUT2D eigenvalue weighted by molar-refractivity contribution is -0.145. The SMILES string of the molecule is Cn1c(=S)n(C)c(=O)n(-c2cc(C3=NOC(C)(OS(C)(=O)=O)C3)c(Cl)cc2F)c1=O. The minimum absolute atomic E-state index is 0.0434. The second-order valence-corrected chi connectivity index (χ2v) is 9.16. The second-order valence-electron chi connectivity index (χ2n) is 6.81. The Balaban J connectivity index is 2.16. The van der Waals surface area contributed by atoms with E-state index in [2.05, 4.69) is 5.16 Å². The molecule has 3 rings (SSSR count). The molecular formula is C16H16ClFN4O6S2. The molecule has 1 unspecified atom stereocenters. The molecule has 0 radical (unpaired) electrons. The molecule has 0 saturated carbocycles. The van der Waals surface area contributed by atoms with Crippen LogP contribution in [0.25, 0.3) is 5.69 Å². The van der Waals surface area contributed by atoms with Crippen molar-refractivity contribution in [3.05, 3.63) is 54.3 Å². The molecule has 1 aromatic carbocycles. The number of aromatic nitrogens is 3. The molecule has 1 aliphatic rings. The highest BCUT2D eigenvalue weighted by atomic mass is 35.5. The minimum Gasteiger partial charge on any atom is -0.359 e. The van der Waals surface area contributed by atoms with Gasteiger partial charge in [-0.1, -0.05) is 16.8 Å². The summed E-state index contributed by atoms with van der Waals surface area (Å²) >= 11 is 11.1. The number of oxime groups is 1. The zero-order valence-corrected chi connectivity index (χ0v) is 18.6. The van der Waals surface area contributed by atoms with E-state index in [1.807, 2.05) is 0 Å². The van der Waals surface area contributed by atoms with Crippen LogP contribution >= 0.6 is 23.8 Å². The van der Waals surface area contributed by atoms with E-state index in [9.17, 15) is 22.4 Å². The van der Waals surface area contributed by atoms with Crippen molar-refractivity contribution in [1.82, 2.24) is 13.7 Å². The van der Waals surface area contributed by atoms with Gasteiger partial charge in [-0.15, -0.1) is 0 Å². The van der Waals surface area contributed by atoms with Gasteiger partial charge in [-0.3, -0.25) is 9.13 Å². The van der Waals surface area contributed by atoms with Gasteiger partial charge in [-0.25, -0.2) is 22.7 Å². The fourth-order valence-electron chi connectivity index (χ4n) is 2.94. The van der Waals surface area contributed by atoms with Crippen molar-refractivity contribution in [2.75, 3.05) is 6.26 Å². The van der Waals surface area contributed by atoms with Gasteiger partial charge in [0.05, 0.1) is 29.1 Å². The number of nitrogens with zero attached hydrogens (tertiary/aromatic N) is 4. The molecule has 14 heteroatoms. The van der Waals surface area contributed by atoms with Crippen LogP contribution in [0.15, 0.2) is 26.9 Å². The van der Waals surface area contributed by atoms with E-state index in [-0.39, 0.29) is 33.2 Å². The summed E-state index contributed by atoms with van der Waals surface area (Å²) in [5.41, 5.74) is -1.82. The van der Waals surface area contributed by atoms with Crippen molar-refractivity contribution in [1.29, 1.82) is 0 Å². The highest BCUT2D eigenvalue weighted by Gasteiger charge is 2.40. The molecular weight excluding hydrogens is 463 g/mol. The molecule has 1 aromatic heterocycles. The van der Waals surface area contributed by atoms with Crippen molar-refractivity contribution in [3.63, 3.8) is 0 Å². The van der Waals surface area contributed by atoms with E-state index < -0.39 is 33.1 Å². The number of rotatable bonds is 4. The lowest BCUT2D eigenvalue weighted by atomic mass is 10.0. The summed E-state index contributed by atoms with van der Waals surface area (Å²) < 4.78 is 45.1. The van der Waals surface area contributed by atoms with Gasteiger partial charge in [-0.2, -0.15) is 8.42 Å². The number of halogens is 2. The lowest BCUT2D eigenvalue weighted by Gasteiger charge is -2.19. The largest absolute Gasteiger partial charge is 0.359 e. The molecule has 162 valence electrons. The second kappa shape index (κ2) is 7.41. The maximum atomic E-state index is 14.7. The highest BCUT2D eigenvalue weighted by molar-refractivity contribution is 7.86. The van der Waals surface area contributed by atoms with Gasteiger partial charge in [0.25, 0.3) is 15.9 Å². The summed E-state index contributed by atoms with van der Waals surface area (Å²) in [7, 11) is -1.17. The van der Waals surface area contributed by atoms with Crippen LogP contribution in [0.3, 0.4) is 0 Å². The predicted octanol–water partition coefficient (Wildman–Crippen LogP) is 1.21. The van der Waals surface area contributed by atoms with Crippen molar-refractivity contribution in [2.45, 2.75) is 19.1 Å². The zero-order valence-electron chi connectivity index (χ0n) is 16.2. The molecule has 2 heterocycles. The molecule has 0 amide bonds. The third-order valence-corrected chi connectivity index (χ3v) is 5.80. The number of benzene rings is 1. The van der Waals surface area contributed by atoms with E-state index in [1.165, 1.54) is 21.0 Å². The minimum atomic E-state index is -3.86. The van der Waals surface area contributed by atoms with Crippen LogP contribution in [0.2, 0.25) is 5.02 Å². The summed E-state index contributed by atoms with van der Waals surface area (Å²) in [4.78, 5) is 30.3. The van der Waals surface area contributed by atoms with Crippen LogP contribution in [-0.2, 0) is 33.2 Å². The summed E-state index contributed by atoms with van der Waals surface area (Å²) in [6.45, 7) is 1.35. The van der Waals surface area contributed by atoms with Gasteiger partial charge in [-0.05, 0) is 24.4 Å². The third-order valence-electron chi connectivity index (χ3n) is 4.28. The van der Waals surface area contributed by atoms with Crippen molar-refractivity contribution < 1.29 is 21.8 Å². The molecule has 1 atom stereocenters. The van der Waals surface area contributed by atoms with Gasteiger partial charge in [0.15, 0.2) is 4.77 Å². The first-order chi connectivity index (χ1) is 13.7. The van der Waals surface area contributed by atoms with Crippen molar-refractivity contribution >= 4 is 39.6 Å². The Labute approximate surface area is 179 Å². The third kappa shape index (κ3) is 3.97. The zero-order chi connectivity index (χ0) is 22.6. The topological polar surface area (TPSA) is 114 Å². The Hall–Kier alpha value is -2.35. The van der Waals surface area contributed by atoms with Gasteiger partial charge < -0.3 is 4.84 Å². The Kier molecular flexibility index (Phi) is 5.52. The van der Waals surface area contributed by atoms with Crippen LogP contribution in [-0.4, -0.2) is 39.9 Å². The van der Waals surface area contributed by atoms with Crippen LogP contribution in [0.5, 0.6) is 0 Å². The van der Waals surface area contributed by atoms with Gasteiger partial charge >= 0.3 is 11.4 Å². The molecule has 1 aliphatic heterocycles. The normalized spacial score (nSPS) is 18.9. The Bertz CT molecular complexity index is 1340. The molecule has 0 fully saturated rings. The number of hydrogen-bond donors (Lipinski definition) is 0. The van der Waals surface area contributed by atoms with E-state index >= 15 is 0 Å². The van der Waals surface area contributed by atoms with E-state index in [4.69, 9.17) is 32.8 Å². The van der Waals surface area contributed by atoms with E-state index in [0.717, 1.165) is 27.5 Å². The van der Waals surface area contributed by atoms with Crippen LogP contribution in [0.1, 0.15) is 18.9 Å². The summed E-state index contributed by atoms with van der Waals surface area (Å²) in [6, 6.07) is 2.06. The first-order valence-corrected chi connectivity index (χ1v) is 10.9. The van der Waals surface area contributed by atoms with Gasteiger partial charge in [0.1, 0.15) is 5.82 Å². The fourth-order valence-corrected chi connectivity index (χ4v) is 4.08. The first kappa shape index (κ1) is 22.3. The van der Waals surface area contributed by atoms with Crippen LogP contribution in [0, 0.1) is 10.6 Å². The standard InChI is InChI=1S/C16H16ClFN4O6S2/c1-16(28-30(4,25)26)7-11(19-27-16)8-5-12(10(18)6-9(8)17)22-13(23)20(2)15(29)21(3)14(22)24/h5-6H,7H2,1-4H3. The molecule has 0 bridgehead atoms. The average molecular weight is 479 g/mol. The maximum Gasteiger partial charge on any atom is 0.338 e. The van der Waals surface area contributed by atoms with E-state index in [1.54, 1.807) is 0 Å². The summed E-state index contributed by atoms with van der Waals surface area (Å²) in [5, 5.41) is 3.70. The molecule has 2 aromatic rings. The monoisotopic (exact) mass is 478 g/mol. The molecule has 30 heavy (non-hydrogen) atoms. The van der Waals surface area contributed by atoms with Crippen molar-refractivity contribution in [2.24, 2.45) is 19.3 Å². The Morgan fingerprint density at radius 3 is 2.37 bits per heavy atom. The Morgan fingerprint density at radius 1 is 1.27 bits per heavy atom. The maximum absolute atomic E-state index is 14.7. The quantitative estimate of drug-likeness (QED) is 0.479. The smallest absolute Gasteiger partial charge is 0.338 e. The van der Waals surface area contributed by atoms with Crippen molar-refractivity contribution in [3.8, 4) is 5.69 Å². The molecule has 0 spiro atoms. The molecule has 0 saturated heterocycles. The number of hydrogen-bond acceptors (Lipinski definition) is 8. The molecule has 0 aliphatic carbocycles.